The highest BCUT2D eigenvalue weighted by Gasteiger charge is 2.49. The minimum absolute atomic E-state index is 0.185. The molecule has 1 aliphatic carbocycles. The van der Waals surface area contributed by atoms with Gasteiger partial charge in [0.15, 0.2) is 0 Å². The topological polar surface area (TPSA) is 40.5 Å². The molecule has 2 nitrogen and oxygen atoms in total. The van der Waals surface area contributed by atoms with Gasteiger partial charge in [-0.1, -0.05) is 12.2 Å². The van der Waals surface area contributed by atoms with Gasteiger partial charge in [-0.05, 0) is 25.7 Å². The third kappa shape index (κ3) is 1.39. The number of rotatable bonds is 3. The van der Waals surface area contributed by atoms with Crippen LogP contribution in [0.3, 0.4) is 0 Å². The molecule has 1 saturated carbocycles. The van der Waals surface area contributed by atoms with Crippen molar-refractivity contribution in [3.63, 3.8) is 0 Å². The van der Waals surface area contributed by atoms with Crippen LogP contribution in [0, 0.1) is 5.92 Å². The Morgan fingerprint density at radius 3 is 2.90 bits per heavy atom. The van der Waals surface area contributed by atoms with Crippen LogP contribution in [-0.2, 0) is 0 Å². The van der Waals surface area contributed by atoms with Crippen molar-refractivity contribution in [1.29, 1.82) is 0 Å². The van der Waals surface area contributed by atoms with E-state index in [0.717, 1.165) is 12.8 Å². The average molecular weight is 142 g/mol. The van der Waals surface area contributed by atoms with E-state index in [2.05, 4.69) is 0 Å². The van der Waals surface area contributed by atoms with Crippen molar-refractivity contribution in [2.75, 3.05) is 6.61 Å². The van der Waals surface area contributed by atoms with E-state index in [-0.39, 0.29) is 6.61 Å². The van der Waals surface area contributed by atoms with Crippen LogP contribution in [0.2, 0.25) is 0 Å². The van der Waals surface area contributed by atoms with Crippen LogP contribution >= 0.6 is 0 Å². The van der Waals surface area contributed by atoms with Crippen LogP contribution in [-0.4, -0.2) is 22.4 Å². The molecule has 0 saturated heterocycles. The first-order valence-electron chi connectivity index (χ1n) is 3.70. The van der Waals surface area contributed by atoms with Crippen LogP contribution in [0.25, 0.3) is 0 Å². The van der Waals surface area contributed by atoms with E-state index in [1.54, 1.807) is 0 Å². The van der Waals surface area contributed by atoms with E-state index >= 15 is 0 Å². The lowest BCUT2D eigenvalue weighted by Crippen LogP contribution is -2.06. The number of aliphatic hydroxyl groups is 2. The molecular formula is C8H14O2. The number of hydrogen-bond donors (Lipinski definition) is 2. The molecule has 0 aromatic heterocycles. The van der Waals surface area contributed by atoms with Gasteiger partial charge < -0.3 is 10.2 Å². The second kappa shape index (κ2) is 2.72. The molecule has 1 aliphatic rings. The lowest BCUT2D eigenvalue weighted by molar-refractivity contribution is 0.169. The summed E-state index contributed by atoms with van der Waals surface area (Å²) in [6.45, 7) is 2.08. The summed E-state index contributed by atoms with van der Waals surface area (Å²) < 4.78 is 0. The van der Waals surface area contributed by atoms with Crippen molar-refractivity contribution in [2.45, 2.75) is 25.4 Å². The van der Waals surface area contributed by atoms with Crippen molar-refractivity contribution < 1.29 is 10.2 Å². The predicted octanol–water partition coefficient (Wildman–Crippen LogP) is 0.696. The molecule has 0 radical (unpaired) electrons. The summed E-state index contributed by atoms with van der Waals surface area (Å²) in [7, 11) is 0. The predicted molar refractivity (Wildman–Crippen MR) is 39.6 cm³/mol. The summed E-state index contributed by atoms with van der Waals surface area (Å²) in [6.07, 6.45) is 5.21. The molecular weight excluding hydrogens is 128 g/mol. The fourth-order valence-corrected chi connectivity index (χ4v) is 1.34. The van der Waals surface area contributed by atoms with Gasteiger partial charge >= 0.3 is 0 Å². The van der Waals surface area contributed by atoms with Gasteiger partial charge in [-0.15, -0.1) is 0 Å². The van der Waals surface area contributed by atoms with Crippen LogP contribution in [0.15, 0.2) is 12.2 Å². The molecule has 0 spiro atoms. The Morgan fingerprint density at radius 1 is 1.70 bits per heavy atom. The Bertz CT molecular complexity index is 142. The van der Waals surface area contributed by atoms with Crippen LogP contribution in [0.4, 0.5) is 0 Å². The first kappa shape index (κ1) is 7.76. The molecule has 0 unspecified atom stereocenters. The van der Waals surface area contributed by atoms with Gasteiger partial charge in [0.2, 0.25) is 0 Å². The summed E-state index contributed by atoms with van der Waals surface area (Å²) in [5.41, 5.74) is -0.572. The quantitative estimate of drug-likeness (QED) is 0.569. The van der Waals surface area contributed by atoms with E-state index in [0.29, 0.717) is 5.92 Å². The van der Waals surface area contributed by atoms with Gasteiger partial charge in [0.1, 0.15) is 0 Å². The van der Waals surface area contributed by atoms with Crippen LogP contribution in [0.1, 0.15) is 19.8 Å². The van der Waals surface area contributed by atoms with E-state index in [4.69, 9.17) is 5.11 Å². The van der Waals surface area contributed by atoms with Gasteiger partial charge in [0.25, 0.3) is 0 Å². The lowest BCUT2D eigenvalue weighted by atomic mass is 10.2. The minimum atomic E-state index is -0.572. The Balaban J connectivity index is 2.33. The zero-order chi connectivity index (χ0) is 7.61. The summed E-state index contributed by atoms with van der Waals surface area (Å²) >= 11 is 0. The molecule has 2 heteroatoms. The van der Waals surface area contributed by atoms with Crippen molar-refractivity contribution in [2.24, 2.45) is 5.92 Å². The maximum Gasteiger partial charge on any atom is 0.0861 e. The van der Waals surface area contributed by atoms with E-state index < -0.39 is 5.60 Å². The van der Waals surface area contributed by atoms with Gasteiger partial charge in [-0.2, -0.15) is 0 Å². The number of aliphatic hydroxyl groups excluding tert-OH is 1. The van der Waals surface area contributed by atoms with Gasteiger partial charge in [0, 0.05) is 6.61 Å². The highest BCUT2D eigenvalue weighted by Crippen LogP contribution is 2.46. The fourth-order valence-electron chi connectivity index (χ4n) is 1.34. The molecule has 0 heterocycles. The molecule has 0 amide bonds. The standard InChI is InChI=1S/C8H14O2/c1-2-4-8(10)6-7(8)3-5-9/h2,4,7,9-10H,3,5-6H2,1H3/b4-2-/t7-,8+/m0/s1. The van der Waals surface area contributed by atoms with Crippen molar-refractivity contribution >= 4 is 0 Å². The molecule has 0 aromatic carbocycles. The van der Waals surface area contributed by atoms with E-state index in [9.17, 15) is 5.11 Å². The second-order valence-electron chi connectivity index (χ2n) is 2.90. The monoisotopic (exact) mass is 142 g/mol. The summed E-state index contributed by atoms with van der Waals surface area (Å²) in [5, 5.41) is 18.1. The largest absolute Gasteiger partial charge is 0.396 e. The zero-order valence-electron chi connectivity index (χ0n) is 6.25. The lowest BCUT2D eigenvalue weighted by Gasteiger charge is -2.00. The maximum atomic E-state index is 9.52. The molecule has 2 N–H and O–H groups in total. The van der Waals surface area contributed by atoms with Crippen molar-refractivity contribution in [3.8, 4) is 0 Å². The molecule has 2 atom stereocenters. The second-order valence-corrected chi connectivity index (χ2v) is 2.90. The number of hydrogen-bond acceptors (Lipinski definition) is 2. The first-order valence-corrected chi connectivity index (χ1v) is 3.70. The maximum absolute atomic E-state index is 9.52. The third-order valence-electron chi connectivity index (χ3n) is 2.05. The average Bonchev–Trinajstić information content (AvgIpc) is 2.44. The van der Waals surface area contributed by atoms with E-state index in [1.165, 1.54) is 0 Å². The Hall–Kier alpha value is -0.340. The Kier molecular flexibility index (Phi) is 2.11. The van der Waals surface area contributed by atoms with Crippen molar-refractivity contribution in [3.05, 3.63) is 12.2 Å². The van der Waals surface area contributed by atoms with Crippen LogP contribution < -0.4 is 0 Å². The molecule has 0 aliphatic heterocycles. The first-order chi connectivity index (χ1) is 4.73. The minimum Gasteiger partial charge on any atom is -0.396 e. The SMILES string of the molecule is C/C=C\[C@@]1(O)C[C@@H]1CCO. The molecule has 1 rings (SSSR count). The normalized spacial score (nSPS) is 38.9. The summed E-state index contributed by atoms with van der Waals surface area (Å²) in [5.74, 6) is 0.300. The molecule has 58 valence electrons. The Morgan fingerprint density at radius 2 is 2.40 bits per heavy atom. The fraction of sp³-hybridized carbons (Fsp3) is 0.750. The molecule has 1 fully saturated rings. The van der Waals surface area contributed by atoms with Gasteiger partial charge in [-0.3, -0.25) is 0 Å². The molecule has 0 aromatic rings. The molecule has 0 bridgehead atoms. The Labute approximate surface area is 61.2 Å². The zero-order valence-corrected chi connectivity index (χ0v) is 6.25. The number of allylic oxidation sites excluding steroid dienone is 1. The highest BCUT2D eigenvalue weighted by atomic mass is 16.3. The smallest absolute Gasteiger partial charge is 0.0861 e. The molecule has 10 heavy (non-hydrogen) atoms. The van der Waals surface area contributed by atoms with Crippen LogP contribution in [0.5, 0.6) is 0 Å². The highest BCUT2D eigenvalue weighted by molar-refractivity contribution is 5.16. The summed E-state index contributed by atoms with van der Waals surface area (Å²) in [4.78, 5) is 0. The third-order valence-corrected chi connectivity index (χ3v) is 2.05. The summed E-state index contributed by atoms with van der Waals surface area (Å²) in [6, 6.07) is 0. The van der Waals surface area contributed by atoms with E-state index in [1.807, 2.05) is 19.1 Å². The van der Waals surface area contributed by atoms with Gasteiger partial charge in [-0.25, -0.2) is 0 Å². The van der Waals surface area contributed by atoms with Gasteiger partial charge in [0.05, 0.1) is 5.60 Å². The van der Waals surface area contributed by atoms with Crippen molar-refractivity contribution in [1.82, 2.24) is 0 Å².